The molecule has 1 atom stereocenters. The molecule has 0 aromatic heterocycles. The molecule has 100 valence electrons. The highest BCUT2D eigenvalue weighted by atomic mass is 79.9. The van der Waals surface area contributed by atoms with Gasteiger partial charge in [-0.1, -0.05) is 57.4 Å². The molecule has 2 rings (SSSR count). The van der Waals surface area contributed by atoms with Gasteiger partial charge in [-0.25, -0.2) is 0 Å². The predicted molar refractivity (Wildman–Crippen MR) is 85.6 cm³/mol. The van der Waals surface area contributed by atoms with Crippen molar-refractivity contribution in [3.8, 4) is 0 Å². The molecule has 1 N–H and O–H groups in total. The van der Waals surface area contributed by atoms with E-state index in [1.807, 2.05) is 12.1 Å². The second-order valence-electron chi connectivity index (χ2n) is 4.75. The summed E-state index contributed by atoms with van der Waals surface area (Å²) in [4.78, 5) is 0. The summed E-state index contributed by atoms with van der Waals surface area (Å²) < 4.78 is 1.05. The van der Waals surface area contributed by atoms with Crippen molar-refractivity contribution in [2.45, 2.75) is 26.4 Å². The molecule has 2 aromatic rings. The van der Waals surface area contributed by atoms with E-state index >= 15 is 0 Å². The first-order valence-corrected chi connectivity index (χ1v) is 7.47. The molecule has 0 spiro atoms. The lowest BCUT2D eigenvalue weighted by Gasteiger charge is -2.15. The summed E-state index contributed by atoms with van der Waals surface area (Å²) in [5.74, 6) is 0. The summed E-state index contributed by atoms with van der Waals surface area (Å²) in [6.07, 6.45) is 0. The molecule has 0 aliphatic carbocycles. The Balaban J connectivity index is 2.02. The van der Waals surface area contributed by atoms with Gasteiger partial charge in [-0.2, -0.15) is 0 Å². The molecular weight excluding hydrogens is 322 g/mol. The van der Waals surface area contributed by atoms with E-state index in [-0.39, 0.29) is 0 Å². The molecule has 0 saturated heterocycles. The average molecular weight is 339 g/mol. The van der Waals surface area contributed by atoms with E-state index in [0.717, 1.165) is 21.6 Å². The third-order valence-electron chi connectivity index (χ3n) is 3.18. The smallest absolute Gasteiger partial charge is 0.0451 e. The second kappa shape index (κ2) is 6.56. The Labute approximate surface area is 128 Å². The maximum Gasteiger partial charge on any atom is 0.0451 e. The number of aryl methyl sites for hydroxylation is 1. The van der Waals surface area contributed by atoms with Crippen molar-refractivity contribution in [1.82, 2.24) is 5.32 Å². The molecule has 19 heavy (non-hydrogen) atoms. The number of nitrogens with one attached hydrogen (secondary N) is 1. The van der Waals surface area contributed by atoms with E-state index < -0.39 is 0 Å². The van der Waals surface area contributed by atoms with E-state index in [4.69, 9.17) is 11.6 Å². The van der Waals surface area contributed by atoms with Crippen molar-refractivity contribution in [2.24, 2.45) is 0 Å². The first kappa shape index (κ1) is 14.6. The van der Waals surface area contributed by atoms with E-state index in [1.165, 1.54) is 11.1 Å². The molecule has 0 aliphatic heterocycles. The zero-order valence-corrected chi connectivity index (χ0v) is 13.4. The monoisotopic (exact) mass is 337 g/mol. The van der Waals surface area contributed by atoms with Crippen molar-refractivity contribution in [3.05, 3.63) is 68.7 Å². The van der Waals surface area contributed by atoms with Gasteiger partial charge in [0.1, 0.15) is 0 Å². The molecular formula is C16H17BrClN. The van der Waals surface area contributed by atoms with E-state index in [2.05, 4.69) is 65.4 Å². The molecule has 3 heteroatoms. The Hall–Kier alpha value is -0.830. The van der Waals surface area contributed by atoms with Crippen LogP contribution in [0.4, 0.5) is 0 Å². The fraction of sp³-hybridized carbons (Fsp3) is 0.250. The highest BCUT2D eigenvalue weighted by molar-refractivity contribution is 9.10. The first-order chi connectivity index (χ1) is 9.06. The van der Waals surface area contributed by atoms with Crippen LogP contribution in [0.2, 0.25) is 5.02 Å². The van der Waals surface area contributed by atoms with Gasteiger partial charge in [-0.15, -0.1) is 0 Å². The highest BCUT2D eigenvalue weighted by Gasteiger charge is 2.06. The van der Waals surface area contributed by atoms with Crippen LogP contribution < -0.4 is 5.32 Å². The zero-order chi connectivity index (χ0) is 13.8. The number of hydrogen-bond acceptors (Lipinski definition) is 1. The van der Waals surface area contributed by atoms with Crippen LogP contribution in [0.1, 0.15) is 29.7 Å². The Morgan fingerprint density at radius 2 is 1.84 bits per heavy atom. The van der Waals surface area contributed by atoms with Crippen molar-refractivity contribution in [1.29, 1.82) is 0 Å². The SMILES string of the molecule is Cc1ccc([C@H](C)NCc2cc(Br)ccc2Cl)cc1. The Morgan fingerprint density at radius 3 is 2.53 bits per heavy atom. The lowest BCUT2D eigenvalue weighted by molar-refractivity contribution is 0.574. The minimum atomic E-state index is 0.302. The van der Waals surface area contributed by atoms with Gasteiger partial charge in [-0.05, 0) is 43.2 Å². The van der Waals surface area contributed by atoms with Crippen LogP contribution in [0, 0.1) is 6.92 Å². The molecule has 2 aromatic carbocycles. The van der Waals surface area contributed by atoms with Crippen molar-refractivity contribution >= 4 is 27.5 Å². The lowest BCUT2D eigenvalue weighted by Crippen LogP contribution is -2.18. The summed E-state index contributed by atoms with van der Waals surface area (Å²) in [6.45, 7) is 5.02. The fourth-order valence-corrected chi connectivity index (χ4v) is 2.51. The fourth-order valence-electron chi connectivity index (χ4n) is 1.91. The van der Waals surface area contributed by atoms with E-state index in [9.17, 15) is 0 Å². The molecule has 0 bridgehead atoms. The molecule has 1 nitrogen and oxygen atoms in total. The van der Waals surface area contributed by atoms with Gasteiger partial charge in [0.2, 0.25) is 0 Å². The van der Waals surface area contributed by atoms with Crippen LogP contribution in [0.5, 0.6) is 0 Å². The second-order valence-corrected chi connectivity index (χ2v) is 6.07. The van der Waals surface area contributed by atoms with Gasteiger partial charge in [-0.3, -0.25) is 0 Å². The normalized spacial score (nSPS) is 12.4. The molecule has 0 aliphatic rings. The minimum Gasteiger partial charge on any atom is -0.306 e. The minimum absolute atomic E-state index is 0.302. The largest absolute Gasteiger partial charge is 0.306 e. The van der Waals surface area contributed by atoms with Crippen LogP contribution in [0.25, 0.3) is 0 Å². The number of halogens is 2. The third-order valence-corrected chi connectivity index (χ3v) is 4.05. The van der Waals surface area contributed by atoms with Gasteiger partial charge < -0.3 is 5.32 Å². The van der Waals surface area contributed by atoms with Gasteiger partial charge >= 0.3 is 0 Å². The number of rotatable bonds is 4. The van der Waals surface area contributed by atoms with Gasteiger partial charge in [0.25, 0.3) is 0 Å². The Bertz CT molecular complexity index is 551. The average Bonchev–Trinajstić information content (AvgIpc) is 2.40. The molecule has 0 radical (unpaired) electrons. The number of benzene rings is 2. The number of hydrogen-bond donors (Lipinski definition) is 1. The summed E-state index contributed by atoms with van der Waals surface area (Å²) in [5.41, 5.74) is 3.68. The van der Waals surface area contributed by atoms with E-state index in [1.54, 1.807) is 0 Å². The maximum atomic E-state index is 6.19. The van der Waals surface area contributed by atoms with Crippen LogP contribution >= 0.6 is 27.5 Å². The zero-order valence-electron chi connectivity index (χ0n) is 11.1. The van der Waals surface area contributed by atoms with Crippen LogP contribution in [0.15, 0.2) is 46.9 Å². The van der Waals surface area contributed by atoms with Crippen molar-refractivity contribution < 1.29 is 0 Å². The summed E-state index contributed by atoms with van der Waals surface area (Å²) >= 11 is 9.66. The predicted octanol–water partition coefficient (Wildman–Crippen LogP) is 5.26. The standard InChI is InChI=1S/C16H17BrClN/c1-11-3-5-13(6-4-11)12(2)19-10-14-9-15(17)7-8-16(14)18/h3-9,12,19H,10H2,1-2H3/t12-/m0/s1. The van der Waals surface area contributed by atoms with Crippen molar-refractivity contribution in [2.75, 3.05) is 0 Å². The maximum absolute atomic E-state index is 6.19. The van der Waals surface area contributed by atoms with Gasteiger partial charge in [0.15, 0.2) is 0 Å². The first-order valence-electron chi connectivity index (χ1n) is 6.30. The van der Waals surface area contributed by atoms with Gasteiger partial charge in [0.05, 0.1) is 0 Å². The lowest BCUT2D eigenvalue weighted by atomic mass is 10.1. The van der Waals surface area contributed by atoms with Crippen LogP contribution in [0.3, 0.4) is 0 Å². The van der Waals surface area contributed by atoms with Crippen LogP contribution in [-0.4, -0.2) is 0 Å². The Kier molecular flexibility index (Phi) is 5.03. The quantitative estimate of drug-likeness (QED) is 0.801. The Morgan fingerprint density at radius 1 is 1.16 bits per heavy atom. The summed E-state index contributed by atoms with van der Waals surface area (Å²) in [7, 11) is 0. The van der Waals surface area contributed by atoms with Gasteiger partial charge in [0, 0.05) is 22.1 Å². The summed E-state index contributed by atoms with van der Waals surface area (Å²) in [5, 5.41) is 4.30. The van der Waals surface area contributed by atoms with Crippen LogP contribution in [-0.2, 0) is 6.54 Å². The molecule has 0 heterocycles. The summed E-state index contributed by atoms with van der Waals surface area (Å²) in [6, 6.07) is 14.8. The third kappa shape index (κ3) is 4.07. The highest BCUT2D eigenvalue weighted by Crippen LogP contribution is 2.22. The molecule has 0 saturated carbocycles. The molecule has 0 unspecified atom stereocenters. The molecule has 0 fully saturated rings. The van der Waals surface area contributed by atoms with E-state index in [0.29, 0.717) is 6.04 Å². The van der Waals surface area contributed by atoms with Crippen molar-refractivity contribution in [3.63, 3.8) is 0 Å². The molecule has 0 amide bonds. The topological polar surface area (TPSA) is 12.0 Å².